The maximum Gasteiger partial charge on any atom is 0.0639 e. The molecule has 0 fully saturated rings. The topological polar surface area (TPSA) is 40.5 Å². The van der Waals surface area contributed by atoms with E-state index in [1.165, 1.54) is 27.9 Å². The molecule has 32 heavy (non-hydrogen) atoms. The number of hydrogen-bond donors (Lipinski definition) is 2. The summed E-state index contributed by atoms with van der Waals surface area (Å²) in [6.07, 6.45) is 24.5. The second kappa shape index (κ2) is 20.0. The third-order valence-corrected chi connectivity index (χ3v) is 5.85. The Bertz CT molecular complexity index is 684. The molecule has 0 aliphatic heterocycles. The minimum absolute atomic E-state index is 0.147. The van der Waals surface area contributed by atoms with E-state index in [0.29, 0.717) is 0 Å². The third-order valence-electron chi connectivity index (χ3n) is 5.85. The van der Waals surface area contributed by atoms with E-state index < -0.39 is 0 Å². The molecule has 0 spiro atoms. The molecule has 0 rings (SSSR count). The van der Waals surface area contributed by atoms with Crippen molar-refractivity contribution in [2.75, 3.05) is 13.2 Å². The Kier molecular flexibility index (Phi) is 19.0. The Balaban J connectivity index is 4.11. The first kappa shape index (κ1) is 30.4. The molecule has 0 aromatic carbocycles. The Hall–Kier alpha value is -1.64. The van der Waals surface area contributed by atoms with Gasteiger partial charge in [-0.15, -0.1) is 0 Å². The lowest BCUT2D eigenvalue weighted by molar-refractivity contribution is 0.331. The van der Waals surface area contributed by atoms with Crippen molar-refractivity contribution in [3.63, 3.8) is 0 Å². The summed E-state index contributed by atoms with van der Waals surface area (Å²) in [5.41, 5.74) is 8.21. The molecule has 0 amide bonds. The largest absolute Gasteiger partial charge is 0.392 e. The lowest BCUT2D eigenvalue weighted by Gasteiger charge is -2.04. The van der Waals surface area contributed by atoms with Gasteiger partial charge in [0.15, 0.2) is 0 Å². The van der Waals surface area contributed by atoms with E-state index in [9.17, 15) is 0 Å². The van der Waals surface area contributed by atoms with E-state index in [-0.39, 0.29) is 13.2 Å². The highest BCUT2D eigenvalue weighted by molar-refractivity contribution is 5.09. The van der Waals surface area contributed by atoms with Crippen LogP contribution >= 0.6 is 0 Å². The van der Waals surface area contributed by atoms with Crippen LogP contribution in [0.3, 0.4) is 0 Å². The van der Waals surface area contributed by atoms with E-state index in [2.05, 4.69) is 65.0 Å². The van der Waals surface area contributed by atoms with Crippen LogP contribution in [-0.4, -0.2) is 23.4 Å². The highest BCUT2D eigenvalue weighted by Gasteiger charge is 1.95. The summed E-state index contributed by atoms with van der Waals surface area (Å²) < 4.78 is 0. The summed E-state index contributed by atoms with van der Waals surface area (Å²) in [4.78, 5) is 0. The summed E-state index contributed by atoms with van der Waals surface area (Å²) in [6.45, 7) is 13.3. The van der Waals surface area contributed by atoms with Gasteiger partial charge in [0, 0.05) is 0 Å². The van der Waals surface area contributed by atoms with Gasteiger partial charge in [0.1, 0.15) is 0 Å². The molecule has 0 saturated carbocycles. The number of aliphatic hydroxyl groups is 2. The molecular formula is C30H50O2. The van der Waals surface area contributed by atoms with Crippen LogP contribution in [0.4, 0.5) is 0 Å². The minimum atomic E-state index is 0.147. The third kappa shape index (κ3) is 19.1. The zero-order valence-corrected chi connectivity index (χ0v) is 21.8. The van der Waals surface area contributed by atoms with Crippen molar-refractivity contribution in [2.24, 2.45) is 0 Å². The van der Waals surface area contributed by atoms with Crippen molar-refractivity contribution in [3.8, 4) is 0 Å². The number of rotatable bonds is 17. The summed E-state index contributed by atoms with van der Waals surface area (Å²) in [7, 11) is 0. The number of allylic oxidation sites excluding steroid dienone is 10. The van der Waals surface area contributed by atoms with E-state index in [0.717, 1.165) is 69.8 Å². The smallest absolute Gasteiger partial charge is 0.0639 e. The quantitative estimate of drug-likeness (QED) is 0.221. The first-order chi connectivity index (χ1) is 15.3. The van der Waals surface area contributed by atoms with Gasteiger partial charge in [0.2, 0.25) is 0 Å². The average Bonchev–Trinajstić information content (AvgIpc) is 2.73. The predicted molar refractivity (Wildman–Crippen MR) is 143 cm³/mol. The summed E-state index contributed by atoms with van der Waals surface area (Å²) >= 11 is 0. The second-order valence-electron chi connectivity index (χ2n) is 9.34. The van der Waals surface area contributed by atoms with Crippen LogP contribution in [0.1, 0.15) is 106 Å². The SMILES string of the molecule is C/C(=C\CC/C(C)=C/CC/C(C)=C/CC/C(C)=C/CC/C(C)=C/CC/C(C)=C/CO)CO. The molecule has 0 heterocycles. The molecule has 2 heteroatoms. The number of aliphatic hydroxyl groups excluding tert-OH is 2. The van der Waals surface area contributed by atoms with Crippen molar-refractivity contribution < 1.29 is 10.2 Å². The van der Waals surface area contributed by atoms with Gasteiger partial charge in [-0.05, 0) is 106 Å². The van der Waals surface area contributed by atoms with Crippen LogP contribution in [0, 0.1) is 0 Å². The molecule has 0 radical (unpaired) electrons. The molecule has 0 unspecified atom stereocenters. The zero-order valence-electron chi connectivity index (χ0n) is 21.8. The molecular weight excluding hydrogens is 392 g/mol. The van der Waals surface area contributed by atoms with Crippen LogP contribution in [0.15, 0.2) is 69.9 Å². The summed E-state index contributed by atoms with van der Waals surface area (Å²) in [5, 5.41) is 17.9. The van der Waals surface area contributed by atoms with Gasteiger partial charge in [0.05, 0.1) is 13.2 Å². The van der Waals surface area contributed by atoms with E-state index >= 15 is 0 Å². The van der Waals surface area contributed by atoms with Crippen molar-refractivity contribution in [2.45, 2.75) is 106 Å². The van der Waals surface area contributed by atoms with Crippen molar-refractivity contribution in [1.82, 2.24) is 0 Å². The fourth-order valence-electron chi connectivity index (χ4n) is 3.46. The predicted octanol–water partition coefficient (Wildman–Crippen LogP) is 8.55. The van der Waals surface area contributed by atoms with E-state index in [4.69, 9.17) is 10.2 Å². The van der Waals surface area contributed by atoms with Gasteiger partial charge < -0.3 is 10.2 Å². The maximum absolute atomic E-state index is 9.03. The van der Waals surface area contributed by atoms with E-state index in [1.54, 1.807) is 0 Å². The molecule has 182 valence electrons. The van der Waals surface area contributed by atoms with Gasteiger partial charge in [-0.25, -0.2) is 0 Å². The minimum Gasteiger partial charge on any atom is -0.392 e. The second-order valence-corrected chi connectivity index (χ2v) is 9.34. The standard InChI is InChI=1S/C30H50O2/c1-25(14-8-16-27(3)18-10-20-29(5)22-23-31)12-7-13-26(2)15-9-17-28(4)19-11-21-30(6)24-32/h13-14,17-18,21-22,31-32H,7-12,15-16,19-20,23-24H2,1-6H3/b25-14+,26-13+,27-18+,28-17+,29-22+,30-21+. The van der Waals surface area contributed by atoms with Gasteiger partial charge >= 0.3 is 0 Å². The molecule has 0 atom stereocenters. The highest BCUT2D eigenvalue weighted by Crippen LogP contribution is 2.15. The van der Waals surface area contributed by atoms with Crippen LogP contribution < -0.4 is 0 Å². The molecule has 0 aromatic heterocycles. The molecule has 0 aromatic rings. The van der Waals surface area contributed by atoms with Crippen molar-refractivity contribution in [1.29, 1.82) is 0 Å². The molecule has 0 aliphatic carbocycles. The highest BCUT2D eigenvalue weighted by atomic mass is 16.3. The van der Waals surface area contributed by atoms with Crippen molar-refractivity contribution in [3.05, 3.63) is 69.9 Å². The lowest BCUT2D eigenvalue weighted by atomic mass is 10.0. The van der Waals surface area contributed by atoms with Gasteiger partial charge in [-0.2, -0.15) is 0 Å². The average molecular weight is 443 g/mol. The van der Waals surface area contributed by atoms with Gasteiger partial charge in [0.25, 0.3) is 0 Å². The van der Waals surface area contributed by atoms with Gasteiger partial charge in [-0.1, -0.05) is 69.9 Å². The first-order valence-electron chi connectivity index (χ1n) is 12.4. The van der Waals surface area contributed by atoms with Crippen LogP contribution in [0.2, 0.25) is 0 Å². The number of hydrogen-bond acceptors (Lipinski definition) is 2. The fourth-order valence-corrected chi connectivity index (χ4v) is 3.46. The molecule has 0 aliphatic rings. The summed E-state index contributed by atoms with van der Waals surface area (Å²) in [5.74, 6) is 0. The summed E-state index contributed by atoms with van der Waals surface area (Å²) in [6, 6.07) is 0. The van der Waals surface area contributed by atoms with Gasteiger partial charge in [-0.3, -0.25) is 0 Å². The first-order valence-corrected chi connectivity index (χ1v) is 12.4. The van der Waals surface area contributed by atoms with Crippen molar-refractivity contribution >= 4 is 0 Å². The van der Waals surface area contributed by atoms with Crippen LogP contribution in [0.25, 0.3) is 0 Å². The van der Waals surface area contributed by atoms with E-state index in [1.807, 2.05) is 13.0 Å². The normalized spacial score (nSPS) is 15.0. The lowest BCUT2D eigenvalue weighted by Crippen LogP contribution is -1.85. The zero-order chi connectivity index (χ0) is 24.2. The van der Waals surface area contributed by atoms with Crippen LogP contribution in [0.5, 0.6) is 0 Å². The molecule has 0 saturated heterocycles. The Labute approximate surface area is 199 Å². The Morgan fingerprint density at radius 3 is 0.906 bits per heavy atom. The molecule has 2 N–H and O–H groups in total. The monoisotopic (exact) mass is 442 g/mol. The Morgan fingerprint density at radius 1 is 0.406 bits per heavy atom. The Morgan fingerprint density at radius 2 is 0.656 bits per heavy atom. The maximum atomic E-state index is 9.03. The molecule has 0 bridgehead atoms. The fraction of sp³-hybridized carbons (Fsp3) is 0.600. The molecule has 2 nitrogen and oxygen atoms in total. The van der Waals surface area contributed by atoms with Crippen LogP contribution in [-0.2, 0) is 0 Å².